The molecule has 1 N–H and O–H groups in total. The highest BCUT2D eigenvalue weighted by Crippen LogP contribution is 2.55. The third-order valence-electron chi connectivity index (χ3n) is 3.36. The number of epoxide rings is 1. The molecule has 1 heterocycles. The fourth-order valence-electron chi connectivity index (χ4n) is 2.41. The van der Waals surface area contributed by atoms with Gasteiger partial charge in [-0.15, -0.1) is 0 Å². The minimum Gasteiger partial charge on any atom is -0.385 e. The molecule has 2 rings (SSSR count). The molecule has 1 aliphatic heterocycles. The zero-order chi connectivity index (χ0) is 9.53. The zero-order valence-corrected chi connectivity index (χ0v) is 8.81. The molecule has 1 aliphatic carbocycles. The first kappa shape index (κ1) is 9.75. The van der Waals surface area contributed by atoms with Gasteiger partial charge in [0.25, 0.3) is 0 Å². The Kier molecular flexibility index (Phi) is 2.33. The minimum atomic E-state index is -0.756. The lowest BCUT2D eigenvalue weighted by Gasteiger charge is -2.34. The van der Waals surface area contributed by atoms with E-state index in [9.17, 15) is 5.11 Å². The summed E-state index contributed by atoms with van der Waals surface area (Å²) in [5.74, 6) is 0. The molecule has 13 heavy (non-hydrogen) atoms. The van der Waals surface area contributed by atoms with Crippen molar-refractivity contribution in [3.05, 3.63) is 0 Å². The summed E-state index contributed by atoms with van der Waals surface area (Å²) in [4.78, 5) is 0. The molecule has 0 aromatic rings. The fourth-order valence-corrected chi connectivity index (χ4v) is 2.86. The lowest BCUT2D eigenvalue weighted by Crippen LogP contribution is -2.44. The maximum absolute atomic E-state index is 10.3. The summed E-state index contributed by atoms with van der Waals surface area (Å²) in [6, 6.07) is 0. The van der Waals surface area contributed by atoms with E-state index in [4.69, 9.17) is 16.3 Å². The van der Waals surface area contributed by atoms with Crippen LogP contribution in [0.25, 0.3) is 0 Å². The molecule has 0 aromatic carbocycles. The Labute approximate surface area is 84.2 Å². The molecular weight excluding hydrogens is 188 g/mol. The number of halogens is 1. The SMILES string of the molecule is CCC1OC1(Cl)C1(O)CCCCC1. The monoisotopic (exact) mass is 204 g/mol. The smallest absolute Gasteiger partial charge is 0.196 e. The van der Waals surface area contributed by atoms with E-state index in [1.54, 1.807) is 0 Å². The fraction of sp³-hybridized carbons (Fsp3) is 1.00. The molecule has 0 aromatic heterocycles. The summed E-state index contributed by atoms with van der Waals surface area (Å²) in [7, 11) is 0. The molecule has 3 heteroatoms. The van der Waals surface area contributed by atoms with E-state index >= 15 is 0 Å². The molecule has 2 fully saturated rings. The van der Waals surface area contributed by atoms with Gasteiger partial charge in [-0.05, 0) is 19.3 Å². The van der Waals surface area contributed by atoms with Crippen molar-refractivity contribution in [3.63, 3.8) is 0 Å². The van der Waals surface area contributed by atoms with Gasteiger partial charge in [0.05, 0.1) is 0 Å². The van der Waals surface area contributed by atoms with Crippen LogP contribution in [0.15, 0.2) is 0 Å². The van der Waals surface area contributed by atoms with Crippen LogP contribution in [0.4, 0.5) is 0 Å². The molecule has 1 saturated heterocycles. The van der Waals surface area contributed by atoms with E-state index in [0.717, 1.165) is 32.1 Å². The highest BCUT2D eigenvalue weighted by atomic mass is 35.5. The standard InChI is InChI=1S/C10H17ClO2/c1-2-8-10(11,13-8)9(12)6-4-3-5-7-9/h8,12H,2-7H2,1H3. The molecule has 2 atom stereocenters. The van der Waals surface area contributed by atoms with E-state index in [-0.39, 0.29) is 6.10 Å². The summed E-state index contributed by atoms with van der Waals surface area (Å²) in [6.07, 6.45) is 5.92. The molecule has 76 valence electrons. The number of rotatable bonds is 2. The van der Waals surface area contributed by atoms with E-state index in [2.05, 4.69) is 0 Å². The Morgan fingerprint density at radius 1 is 1.38 bits per heavy atom. The van der Waals surface area contributed by atoms with Crippen molar-refractivity contribution in [2.75, 3.05) is 0 Å². The second kappa shape index (κ2) is 3.11. The van der Waals surface area contributed by atoms with Gasteiger partial charge in [-0.2, -0.15) is 0 Å². The summed E-state index contributed by atoms with van der Waals surface area (Å²) < 4.78 is 5.41. The normalized spacial score (nSPS) is 43.2. The Bertz CT molecular complexity index is 201. The van der Waals surface area contributed by atoms with Crippen molar-refractivity contribution in [1.82, 2.24) is 0 Å². The van der Waals surface area contributed by atoms with Crippen molar-refractivity contribution in [2.45, 2.75) is 62.2 Å². The molecule has 2 nitrogen and oxygen atoms in total. The van der Waals surface area contributed by atoms with Gasteiger partial charge < -0.3 is 9.84 Å². The first-order chi connectivity index (χ1) is 6.12. The lowest BCUT2D eigenvalue weighted by atomic mass is 9.81. The van der Waals surface area contributed by atoms with Crippen LogP contribution in [-0.2, 0) is 4.74 Å². The quantitative estimate of drug-likeness (QED) is 0.554. The Hall–Kier alpha value is 0.210. The molecule has 0 amide bonds. The average Bonchev–Trinajstić information content (AvgIpc) is 2.81. The maximum atomic E-state index is 10.3. The predicted octanol–water partition coefficient (Wildman–Crippen LogP) is 2.43. The lowest BCUT2D eigenvalue weighted by molar-refractivity contribution is -0.0354. The van der Waals surface area contributed by atoms with E-state index < -0.39 is 10.7 Å². The summed E-state index contributed by atoms with van der Waals surface area (Å²) in [5.41, 5.74) is -0.756. The van der Waals surface area contributed by atoms with Crippen molar-refractivity contribution in [1.29, 1.82) is 0 Å². The van der Waals surface area contributed by atoms with Gasteiger partial charge in [0.2, 0.25) is 0 Å². The predicted molar refractivity (Wildman–Crippen MR) is 51.8 cm³/mol. The number of ether oxygens (including phenoxy) is 1. The largest absolute Gasteiger partial charge is 0.385 e. The second-order valence-electron chi connectivity index (χ2n) is 4.25. The second-order valence-corrected chi connectivity index (χ2v) is 4.81. The maximum Gasteiger partial charge on any atom is 0.196 e. The molecule has 0 spiro atoms. The van der Waals surface area contributed by atoms with Crippen molar-refractivity contribution in [3.8, 4) is 0 Å². The van der Waals surface area contributed by atoms with Crippen molar-refractivity contribution >= 4 is 11.6 Å². The van der Waals surface area contributed by atoms with Crippen LogP contribution in [-0.4, -0.2) is 21.9 Å². The van der Waals surface area contributed by atoms with Gasteiger partial charge in [0.15, 0.2) is 5.06 Å². The molecule has 1 saturated carbocycles. The number of hydrogen-bond acceptors (Lipinski definition) is 2. The van der Waals surface area contributed by atoms with Crippen LogP contribution in [0.1, 0.15) is 45.4 Å². The van der Waals surface area contributed by atoms with Gasteiger partial charge >= 0.3 is 0 Å². The zero-order valence-electron chi connectivity index (χ0n) is 8.05. The highest BCUT2D eigenvalue weighted by Gasteiger charge is 2.66. The summed E-state index contributed by atoms with van der Waals surface area (Å²) >= 11 is 6.26. The van der Waals surface area contributed by atoms with Crippen LogP contribution >= 0.6 is 11.6 Å². The number of alkyl halides is 1. The van der Waals surface area contributed by atoms with Crippen molar-refractivity contribution in [2.24, 2.45) is 0 Å². The van der Waals surface area contributed by atoms with Gasteiger partial charge in [-0.1, -0.05) is 37.8 Å². The molecule has 2 aliphatic rings. The van der Waals surface area contributed by atoms with Crippen LogP contribution in [0, 0.1) is 0 Å². The Morgan fingerprint density at radius 3 is 2.46 bits per heavy atom. The highest BCUT2D eigenvalue weighted by molar-refractivity contribution is 6.25. The third kappa shape index (κ3) is 1.39. The first-order valence-corrected chi connectivity index (χ1v) is 5.59. The van der Waals surface area contributed by atoms with Gasteiger partial charge in [-0.25, -0.2) is 0 Å². The van der Waals surface area contributed by atoms with E-state index in [1.165, 1.54) is 6.42 Å². The van der Waals surface area contributed by atoms with Crippen LogP contribution in [0.2, 0.25) is 0 Å². The summed E-state index contributed by atoms with van der Waals surface area (Å²) in [5, 5.41) is 9.57. The first-order valence-electron chi connectivity index (χ1n) is 5.21. The molecular formula is C10H17ClO2. The average molecular weight is 205 g/mol. The van der Waals surface area contributed by atoms with Gasteiger partial charge in [0, 0.05) is 0 Å². The Morgan fingerprint density at radius 2 is 2.00 bits per heavy atom. The van der Waals surface area contributed by atoms with Crippen molar-refractivity contribution < 1.29 is 9.84 Å². The number of hydrogen-bond donors (Lipinski definition) is 1. The number of aliphatic hydroxyl groups is 1. The molecule has 0 radical (unpaired) electrons. The third-order valence-corrected chi connectivity index (χ3v) is 4.04. The van der Waals surface area contributed by atoms with Crippen LogP contribution in [0.3, 0.4) is 0 Å². The van der Waals surface area contributed by atoms with Crippen LogP contribution in [0.5, 0.6) is 0 Å². The van der Waals surface area contributed by atoms with E-state index in [1.807, 2.05) is 6.92 Å². The molecule has 2 unspecified atom stereocenters. The van der Waals surface area contributed by atoms with Crippen LogP contribution < -0.4 is 0 Å². The summed E-state index contributed by atoms with van der Waals surface area (Å²) in [6.45, 7) is 2.04. The van der Waals surface area contributed by atoms with E-state index in [0.29, 0.717) is 0 Å². The minimum absolute atomic E-state index is 0.0669. The topological polar surface area (TPSA) is 32.8 Å². The molecule has 0 bridgehead atoms. The Balaban J connectivity index is 2.06. The van der Waals surface area contributed by atoms with Gasteiger partial charge in [0.1, 0.15) is 11.7 Å². The van der Waals surface area contributed by atoms with Gasteiger partial charge in [-0.3, -0.25) is 0 Å².